The second-order valence-electron chi connectivity index (χ2n) is 7.90. The summed E-state index contributed by atoms with van der Waals surface area (Å²) in [5.74, 6) is 0.569. The predicted octanol–water partition coefficient (Wildman–Crippen LogP) is 5.20. The third-order valence-electron chi connectivity index (χ3n) is 5.69. The van der Waals surface area contributed by atoms with Gasteiger partial charge in [-0.05, 0) is 61.7 Å². The number of piperidine rings is 1. The van der Waals surface area contributed by atoms with Crippen molar-refractivity contribution in [3.05, 3.63) is 54.6 Å². The molecule has 2 aliphatic heterocycles. The number of para-hydroxylation sites is 1. The number of alkyl halides is 3. The normalized spacial score (nSPS) is 23.8. The molecule has 6 nitrogen and oxygen atoms in total. The van der Waals surface area contributed by atoms with E-state index in [-0.39, 0.29) is 24.5 Å². The van der Waals surface area contributed by atoms with Crippen molar-refractivity contribution in [2.45, 2.75) is 22.7 Å². The molecule has 2 bridgehead atoms. The van der Waals surface area contributed by atoms with Gasteiger partial charge in [0.25, 0.3) is 0 Å². The van der Waals surface area contributed by atoms with Crippen molar-refractivity contribution in [2.24, 2.45) is 11.0 Å². The van der Waals surface area contributed by atoms with Crippen LogP contribution in [0.2, 0.25) is 0 Å². The number of halogens is 3. The molecule has 2 fully saturated rings. The summed E-state index contributed by atoms with van der Waals surface area (Å²) in [5.41, 5.74) is 2.89. The number of nitrogens with zero attached hydrogens (tertiary/aromatic N) is 3. The molecule has 3 unspecified atom stereocenters. The molecule has 0 saturated carbocycles. The number of fused-ring (bicyclic) bond motifs is 2. The maximum absolute atomic E-state index is 12.6. The van der Waals surface area contributed by atoms with Crippen LogP contribution in [-0.4, -0.2) is 53.2 Å². The summed E-state index contributed by atoms with van der Waals surface area (Å²) in [6, 6.07) is 17.4. The minimum absolute atomic E-state index is 0.124. The lowest BCUT2D eigenvalue weighted by Crippen LogP contribution is -2.48. The van der Waals surface area contributed by atoms with E-state index < -0.39 is 3.79 Å². The van der Waals surface area contributed by atoms with Gasteiger partial charge in [-0.2, -0.15) is 5.10 Å². The van der Waals surface area contributed by atoms with Gasteiger partial charge in [-0.1, -0.05) is 53.0 Å². The minimum atomic E-state index is -1.61. The number of ether oxygens (including phenoxy) is 2. The summed E-state index contributed by atoms with van der Waals surface area (Å²) in [4.78, 5) is 14.7. The van der Waals surface area contributed by atoms with E-state index in [2.05, 4.69) is 4.90 Å². The molecule has 32 heavy (non-hydrogen) atoms. The van der Waals surface area contributed by atoms with E-state index in [1.807, 2.05) is 59.6 Å². The summed E-state index contributed by atoms with van der Waals surface area (Å²) < 4.78 is 8.94. The van der Waals surface area contributed by atoms with E-state index in [0.29, 0.717) is 13.0 Å². The molecule has 2 saturated heterocycles. The van der Waals surface area contributed by atoms with Gasteiger partial charge in [-0.15, -0.1) is 0 Å². The average molecular weight is 497 g/mol. The molecule has 2 heterocycles. The maximum Gasteiger partial charge on any atom is 0.323 e. The predicted molar refractivity (Wildman–Crippen MR) is 128 cm³/mol. The monoisotopic (exact) mass is 495 g/mol. The highest BCUT2D eigenvalue weighted by atomic mass is 35.6. The fourth-order valence-electron chi connectivity index (χ4n) is 4.27. The number of esters is 1. The van der Waals surface area contributed by atoms with Crippen molar-refractivity contribution < 1.29 is 14.3 Å². The fourth-order valence-corrected chi connectivity index (χ4v) is 4.43. The van der Waals surface area contributed by atoms with Crippen LogP contribution in [0.25, 0.3) is 0 Å². The van der Waals surface area contributed by atoms with Crippen molar-refractivity contribution in [2.75, 3.05) is 31.8 Å². The van der Waals surface area contributed by atoms with E-state index in [0.717, 1.165) is 35.8 Å². The molecule has 2 aliphatic rings. The first kappa shape index (κ1) is 23.2. The van der Waals surface area contributed by atoms with Crippen molar-refractivity contribution in [1.29, 1.82) is 0 Å². The Labute approximate surface area is 202 Å². The van der Waals surface area contributed by atoms with Gasteiger partial charge in [0.2, 0.25) is 3.79 Å². The molecule has 4 rings (SSSR count). The van der Waals surface area contributed by atoms with E-state index in [4.69, 9.17) is 49.4 Å². The molecule has 3 atom stereocenters. The van der Waals surface area contributed by atoms with Crippen molar-refractivity contribution in [3.63, 3.8) is 0 Å². The highest BCUT2D eigenvalue weighted by molar-refractivity contribution is 6.67. The van der Waals surface area contributed by atoms with Gasteiger partial charge >= 0.3 is 5.97 Å². The SMILES string of the molecule is COc1ccc(N(N=C2CC3CCN(C2)C3C(=O)OCC(Cl)(Cl)Cl)c2ccccc2)cc1. The zero-order valence-corrected chi connectivity index (χ0v) is 19.9. The smallest absolute Gasteiger partial charge is 0.323 e. The first-order chi connectivity index (χ1) is 15.3. The van der Waals surface area contributed by atoms with Crippen LogP contribution in [0.3, 0.4) is 0 Å². The molecule has 2 aromatic carbocycles. The maximum atomic E-state index is 12.6. The summed E-state index contributed by atoms with van der Waals surface area (Å²) >= 11 is 17.2. The first-order valence-electron chi connectivity index (χ1n) is 10.4. The summed E-state index contributed by atoms with van der Waals surface area (Å²) in [6.45, 7) is 1.14. The fraction of sp³-hybridized carbons (Fsp3) is 0.391. The lowest BCUT2D eigenvalue weighted by Gasteiger charge is -2.33. The molecular weight excluding hydrogens is 473 g/mol. The van der Waals surface area contributed by atoms with E-state index >= 15 is 0 Å². The molecule has 0 aliphatic carbocycles. The van der Waals surface area contributed by atoms with E-state index in [1.165, 1.54) is 0 Å². The van der Waals surface area contributed by atoms with Crippen LogP contribution in [0, 0.1) is 5.92 Å². The van der Waals surface area contributed by atoms with Gasteiger partial charge in [-0.25, -0.2) is 5.01 Å². The zero-order chi connectivity index (χ0) is 22.7. The Hall–Kier alpha value is -1.99. The molecule has 0 aromatic heterocycles. The number of carbonyl (C=O) groups excluding carboxylic acids is 1. The van der Waals surface area contributed by atoms with E-state index in [1.54, 1.807) is 7.11 Å². The Morgan fingerprint density at radius 1 is 1.12 bits per heavy atom. The van der Waals surface area contributed by atoms with Gasteiger partial charge in [0.05, 0.1) is 24.2 Å². The van der Waals surface area contributed by atoms with E-state index in [9.17, 15) is 4.79 Å². The molecule has 9 heteroatoms. The molecule has 170 valence electrons. The van der Waals surface area contributed by atoms with Crippen LogP contribution in [0.1, 0.15) is 12.8 Å². The lowest BCUT2D eigenvalue weighted by molar-refractivity contribution is -0.150. The first-order valence-corrected chi connectivity index (χ1v) is 11.5. The van der Waals surface area contributed by atoms with Crippen LogP contribution in [-0.2, 0) is 9.53 Å². The van der Waals surface area contributed by atoms with Crippen molar-refractivity contribution in [3.8, 4) is 5.75 Å². The Morgan fingerprint density at radius 3 is 2.44 bits per heavy atom. The van der Waals surface area contributed by atoms with Crippen molar-refractivity contribution in [1.82, 2.24) is 4.90 Å². The standard InChI is InChI=1S/C23H24Cl3N3O3/c1-31-20-9-7-19(8-10-20)29(18-5-3-2-4-6-18)27-17-13-16-11-12-28(14-17)21(16)22(30)32-15-23(24,25)26/h2-10,16,21H,11-15H2,1H3. The highest BCUT2D eigenvalue weighted by Gasteiger charge is 2.45. The molecule has 2 aromatic rings. The number of carbonyl (C=O) groups is 1. The van der Waals surface area contributed by atoms with Gasteiger partial charge in [-0.3, -0.25) is 9.69 Å². The average Bonchev–Trinajstić information content (AvgIpc) is 3.06. The number of hydrazone groups is 1. The quantitative estimate of drug-likeness (QED) is 0.313. The number of hydrogen-bond acceptors (Lipinski definition) is 6. The second-order valence-corrected chi connectivity index (χ2v) is 10.4. The number of benzene rings is 2. The van der Waals surface area contributed by atoms with Gasteiger partial charge in [0.15, 0.2) is 0 Å². The van der Waals surface area contributed by atoms with Gasteiger partial charge in [0, 0.05) is 6.54 Å². The molecule has 0 N–H and O–H groups in total. The van der Waals surface area contributed by atoms with Crippen LogP contribution in [0.4, 0.5) is 11.4 Å². The molecule has 0 amide bonds. The molecule has 0 radical (unpaired) electrons. The van der Waals surface area contributed by atoms with Crippen LogP contribution in [0.15, 0.2) is 59.7 Å². The third-order valence-corrected chi connectivity index (χ3v) is 6.02. The molecule has 0 spiro atoms. The zero-order valence-electron chi connectivity index (χ0n) is 17.6. The van der Waals surface area contributed by atoms with Crippen LogP contribution < -0.4 is 9.75 Å². The minimum Gasteiger partial charge on any atom is -0.497 e. The Bertz CT molecular complexity index is 948. The molecular formula is C23H24Cl3N3O3. The van der Waals surface area contributed by atoms with Gasteiger partial charge < -0.3 is 9.47 Å². The van der Waals surface area contributed by atoms with Crippen molar-refractivity contribution >= 4 is 57.9 Å². The largest absolute Gasteiger partial charge is 0.497 e. The number of rotatable bonds is 6. The van der Waals surface area contributed by atoms with Gasteiger partial charge in [0.1, 0.15) is 18.4 Å². The Morgan fingerprint density at radius 2 is 1.81 bits per heavy atom. The number of hydrogen-bond donors (Lipinski definition) is 0. The second kappa shape index (κ2) is 9.87. The summed E-state index contributed by atoms with van der Waals surface area (Å²) in [6.07, 6.45) is 1.62. The number of methoxy groups -OCH3 is 1. The number of anilines is 2. The third kappa shape index (κ3) is 5.49. The summed E-state index contributed by atoms with van der Waals surface area (Å²) in [7, 11) is 1.64. The lowest BCUT2D eigenvalue weighted by atomic mass is 9.91. The van der Waals surface area contributed by atoms with Crippen LogP contribution >= 0.6 is 34.8 Å². The Balaban J connectivity index is 1.54. The highest BCUT2D eigenvalue weighted by Crippen LogP contribution is 2.35. The summed E-state index contributed by atoms with van der Waals surface area (Å²) in [5, 5.41) is 6.93. The topological polar surface area (TPSA) is 54.4 Å². The Kier molecular flexibility index (Phi) is 7.15. The van der Waals surface area contributed by atoms with Crippen LogP contribution in [0.5, 0.6) is 5.75 Å².